The van der Waals surface area contributed by atoms with Crippen molar-refractivity contribution in [3.05, 3.63) is 182 Å². The molecule has 0 heterocycles. The van der Waals surface area contributed by atoms with Gasteiger partial charge in [0, 0.05) is 0 Å². The third kappa shape index (κ3) is 4.30. The molecular weight excluding hydrogens is 553 g/mol. The van der Waals surface area contributed by atoms with Crippen molar-refractivity contribution in [3.8, 4) is 44.5 Å². The largest absolute Gasteiger partial charge is 0.0629 e. The minimum Gasteiger partial charge on any atom is -0.0622 e. The van der Waals surface area contributed by atoms with Gasteiger partial charge in [-0.25, -0.2) is 0 Å². The van der Waals surface area contributed by atoms with Crippen LogP contribution in [0.2, 0.25) is 0 Å². The fraction of sp³-hybridized carbons (Fsp3) is 0. The fourth-order valence-corrected chi connectivity index (χ4v) is 6.79. The summed E-state index contributed by atoms with van der Waals surface area (Å²) in [5.41, 5.74) is 5.60. The summed E-state index contributed by atoms with van der Waals surface area (Å²) in [6, 6.07) is 40.7. The van der Waals surface area contributed by atoms with E-state index in [1.807, 2.05) is 121 Å². The predicted octanol–water partition coefficient (Wildman–Crippen LogP) is 13.0. The zero-order chi connectivity index (χ0) is 37.4. The van der Waals surface area contributed by atoms with E-state index in [1.165, 1.54) is 0 Å². The van der Waals surface area contributed by atoms with Crippen molar-refractivity contribution in [2.75, 3.05) is 0 Å². The lowest BCUT2D eigenvalue weighted by atomic mass is 9.83. The summed E-state index contributed by atoms with van der Waals surface area (Å²) in [5.74, 6) is 0. The Hall–Kier alpha value is -5.98. The molecular formula is C46H30. The average Bonchev–Trinajstić information content (AvgIpc) is 3.22. The highest BCUT2D eigenvalue weighted by Gasteiger charge is 2.19. The first-order valence-electron chi connectivity index (χ1n) is 19.3. The van der Waals surface area contributed by atoms with Gasteiger partial charge in [0.2, 0.25) is 0 Å². The van der Waals surface area contributed by atoms with Crippen molar-refractivity contribution < 1.29 is 11.0 Å². The van der Waals surface area contributed by atoms with Crippen LogP contribution in [0, 0.1) is 0 Å². The molecule has 9 rings (SSSR count). The Morgan fingerprint density at radius 1 is 0.304 bits per heavy atom. The molecule has 0 saturated heterocycles. The van der Waals surface area contributed by atoms with Crippen LogP contribution in [0.3, 0.4) is 0 Å². The smallest absolute Gasteiger partial charge is 0.0622 e. The summed E-state index contributed by atoms with van der Waals surface area (Å²) in [6.07, 6.45) is 0. The molecule has 0 aromatic heterocycles. The molecule has 9 aromatic rings. The van der Waals surface area contributed by atoms with Crippen LogP contribution in [-0.4, -0.2) is 0 Å². The van der Waals surface area contributed by atoms with Crippen LogP contribution in [-0.2, 0) is 0 Å². The summed E-state index contributed by atoms with van der Waals surface area (Å²) in [7, 11) is 0. The molecule has 0 aliphatic carbocycles. The number of rotatable bonds is 4. The van der Waals surface area contributed by atoms with Crippen molar-refractivity contribution in [1.29, 1.82) is 0 Å². The lowest BCUT2D eigenvalue weighted by Gasteiger charge is -2.20. The minimum absolute atomic E-state index is 0.195. The quantitative estimate of drug-likeness (QED) is 0.179. The number of hydrogen-bond donors (Lipinski definition) is 0. The molecule has 0 atom stereocenters. The van der Waals surface area contributed by atoms with Gasteiger partial charge < -0.3 is 0 Å². The van der Waals surface area contributed by atoms with E-state index in [0.29, 0.717) is 22.3 Å². The van der Waals surface area contributed by atoms with Crippen LogP contribution < -0.4 is 0 Å². The second kappa shape index (κ2) is 10.9. The van der Waals surface area contributed by atoms with Gasteiger partial charge in [0.15, 0.2) is 0 Å². The molecule has 0 N–H and O–H groups in total. The zero-order valence-electron chi connectivity index (χ0n) is 32.7. The fourth-order valence-electron chi connectivity index (χ4n) is 6.79. The van der Waals surface area contributed by atoms with Crippen LogP contribution >= 0.6 is 0 Å². The van der Waals surface area contributed by atoms with Crippen molar-refractivity contribution >= 4 is 43.1 Å². The van der Waals surface area contributed by atoms with Crippen LogP contribution in [0.1, 0.15) is 11.0 Å². The third-order valence-electron chi connectivity index (χ3n) is 8.89. The van der Waals surface area contributed by atoms with Gasteiger partial charge in [-0.3, -0.25) is 0 Å². The van der Waals surface area contributed by atoms with Gasteiger partial charge in [-0.2, -0.15) is 0 Å². The second-order valence-corrected chi connectivity index (χ2v) is 11.5. The first kappa shape index (κ1) is 19.4. The third-order valence-corrected chi connectivity index (χ3v) is 8.89. The maximum Gasteiger partial charge on any atom is 0.0629 e. The molecule has 0 unspecified atom stereocenters. The number of benzene rings is 9. The Balaban J connectivity index is 1.47. The van der Waals surface area contributed by atoms with Crippen LogP contribution in [0.25, 0.3) is 87.6 Å². The van der Waals surface area contributed by atoms with E-state index in [9.17, 15) is 5.48 Å². The van der Waals surface area contributed by atoms with Gasteiger partial charge in [0.25, 0.3) is 0 Å². The summed E-state index contributed by atoms with van der Waals surface area (Å²) in [4.78, 5) is 0. The second-order valence-electron chi connectivity index (χ2n) is 11.5. The summed E-state index contributed by atoms with van der Waals surface area (Å²) >= 11 is 0. The summed E-state index contributed by atoms with van der Waals surface area (Å²) in [6.45, 7) is 0. The van der Waals surface area contributed by atoms with E-state index in [-0.39, 0.29) is 45.7 Å². The SMILES string of the molecule is [2H]c1c([2H])c([2H])c2c(-c3ccc(-c4ccccc4)c4ccccc34)c3c([2H])c([2H])c([2H])c([2H])c3c(-c3cccc(-c4ccc5ccccc5c4)c3)c2c1[2H]. The van der Waals surface area contributed by atoms with E-state index < -0.39 is 24.2 Å². The molecule has 0 fully saturated rings. The van der Waals surface area contributed by atoms with Crippen LogP contribution in [0.5, 0.6) is 0 Å². The van der Waals surface area contributed by atoms with Crippen molar-refractivity contribution in [2.24, 2.45) is 0 Å². The van der Waals surface area contributed by atoms with E-state index in [4.69, 9.17) is 5.48 Å². The normalized spacial score (nSPS) is 13.9. The number of hydrogen-bond acceptors (Lipinski definition) is 0. The molecule has 0 radical (unpaired) electrons. The lowest BCUT2D eigenvalue weighted by molar-refractivity contribution is 1.62. The Labute approximate surface area is 280 Å². The molecule has 46 heavy (non-hydrogen) atoms. The number of fused-ring (bicyclic) bond motifs is 4. The summed E-state index contributed by atoms with van der Waals surface area (Å²) < 4.78 is 73.1. The van der Waals surface area contributed by atoms with Crippen molar-refractivity contribution in [2.45, 2.75) is 0 Å². The van der Waals surface area contributed by atoms with Gasteiger partial charge in [-0.05, 0) is 99.7 Å². The molecule has 9 aromatic carbocycles. The topological polar surface area (TPSA) is 0 Å². The zero-order valence-corrected chi connectivity index (χ0v) is 24.7. The molecule has 0 amide bonds. The molecule has 0 heteroatoms. The Kier molecular flexibility index (Phi) is 4.59. The predicted molar refractivity (Wildman–Crippen MR) is 198 cm³/mol. The van der Waals surface area contributed by atoms with E-state index in [0.717, 1.165) is 43.8 Å². The molecule has 0 aliphatic heterocycles. The summed E-state index contributed by atoms with van der Waals surface area (Å²) in [5, 5.41) is 4.63. The monoisotopic (exact) mass is 590 g/mol. The highest BCUT2D eigenvalue weighted by Crippen LogP contribution is 2.46. The van der Waals surface area contributed by atoms with Crippen LogP contribution in [0.4, 0.5) is 0 Å². The maximum atomic E-state index is 9.43. The van der Waals surface area contributed by atoms with Gasteiger partial charge in [0.05, 0.1) is 11.0 Å². The molecule has 0 saturated carbocycles. The van der Waals surface area contributed by atoms with Crippen molar-refractivity contribution in [1.82, 2.24) is 0 Å². The van der Waals surface area contributed by atoms with E-state index in [1.54, 1.807) is 0 Å². The van der Waals surface area contributed by atoms with Crippen LogP contribution in [0.15, 0.2) is 182 Å². The first-order valence-corrected chi connectivity index (χ1v) is 15.3. The maximum absolute atomic E-state index is 9.43. The Bertz CT molecular complexity index is 2940. The van der Waals surface area contributed by atoms with E-state index >= 15 is 0 Å². The molecule has 0 aliphatic rings. The average molecular weight is 591 g/mol. The highest BCUT2D eigenvalue weighted by molar-refractivity contribution is 6.24. The molecule has 0 spiro atoms. The minimum atomic E-state index is -0.421. The lowest BCUT2D eigenvalue weighted by Crippen LogP contribution is -1.92. The van der Waals surface area contributed by atoms with Gasteiger partial charge in [-0.15, -0.1) is 0 Å². The van der Waals surface area contributed by atoms with E-state index in [2.05, 4.69) is 12.1 Å². The first-order chi connectivity index (χ1) is 26.2. The van der Waals surface area contributed by atoms with Gasteiger partial charge in [-0.1, -0.05) is 170 Å². The Morgan fingerprint density at radius 2 is 0.826 bits per heavy atom. The standard InChI is InChI=1S/C46H30/c1-2-14-32(15-3-1)37-27-28-44(39-20-7-6-19-38(37)39)46-42-23-10-8-21-40(42)45(41-22-9-11-24-43(41)46)36-18-12-17-34(30-36)35-26-25-31-13-4-5-16-33(31)29-35/h1-30H/i8D,9D,10D,11D,21D,22D,23D,24D. The Morgan fingerprint density at radius 3 is 1.54 bits per heavy atom. The highest BCUT2D eigenvalue weighted by atomic mass is 14.2. The molecule has 0 nitrogen and oxygen atoms in total. The molecule has 214 valence electrons. The van der Waals surface area contributed by atoms with Gasteiger partial charge >= 0.3 is 0 Å². The molecule has 0 bridgehead atoms. The van der Waals surface area contributed by atoms with Crippen molar-refractivity contribution in [3.63, 3.8) is 0 Å². The van der Waals surface area contributed by atoms with Gasteiger partial charge in [0.1, 0.15) is 0 Å².